The van der Waals surface area contributed by atoms with Crippen LogP contribution in [0.2, 0.25) is 4.34 Å². The Kier molecular flexibility index (Phi) is 5.83. The lowest BCUT2D eigenvalue weighted by Gasteiger charge is -2.33. The quantitative estimate of drug-likeness (QED) is 0.366. The zero-order valence-electron chi connectivity index (χ0n) is 11.9. The highest BCUT2D eigenvalue weighted by Crippen LogP contribution is 2.30. The largest absolute Gasteiger partial charge is 0.409 e. The van der Waals surface area contributed by atoms with Gasteiger partial charge in [-0.15, -0.1) is 11.3 Å². The van der Waals surface area contributed by atoms with Gasteiger partial charge in [0.05, 0.1) is 10.9 Å². The molecule has 0 radical (unpaired) electrons. The van der Waals surface area contributed by atoms with Gasteiger partial charge in [-0.05, 0) is 25.0 Å². The van der Waals surface area contributed by atoms with Crippen molar-refractivity contribution >= 4 is 34.7 Å². The molecule has 3 N–H and O–H groups in total. The molecule has 0 bridgehead atoms. The van der Waals surface area contributed by atoms with E-state index in [1.165, 1.54) is 11.3 Å². The minimum atomic E-state index is -0.954. The van der Waals surface area contributed by atoms with Crippen LogP contribution in [-0.2, 0) is 11.3 Å². The normalized spacial score (nSPS) is 12.5. The summed E-state index contributed by atoms with van der Waals surface area (Å²) >= 11 is 7.32. The molecule has 1 rings (SSSR count). The van der Waals surface area contributed by atoms with Gasteiger partial charge in [0.2, 0.25) is 5.91 Å². The molecule has 1 aromatic rings. The fourth-order valence-electron chi connectivity index (χ4n) is 2.23. The van der Waals surface area contributed by atoms with Gasteiger partial charge in [0.25, 0.3) is 0 Å². The van der Waals surface area contributed by atoms with Crippen LogP contribution in [0.4, 0.5) is 0 Å². The molecule has 112 valence electrons. The molecule has 0 atom stereocenters. The summed E-state index contributed by atoms with van der Waals surface area (Å²) in [6.07, 6.45) is 0.960. The first kappa shape index (κ1) is 16.8. The number of nitrogens with two attached hydrogens (primary N) is 1. The summed E-state index contributed by atoms with van der Waals surface area (Å²) in [6, 6.07) is 3.69. The number of carbonyl (C=O) groups is 1. The molecule has 0 aliphatic heterocycles. The van der Waals surface area contributed by atoms with Crippen molar-refractivity contribution in [2.75, 3.05) is 7.05 Å². The van der Waals surface area contributed by atoms with Gasteiger partial charge in [-0.25, -0.2) is 0 Å². The lowest BCUT2D eigenvalue weighted by Crippen LogP contribution is -2.49. The Hall–Kier alpha value is -1.27. The highest BCUT2D eigenvalue weighted by molar-refractivity contribution is 7.16. The molecule has 20 heavy (non-hydrogen) atoms. The first-order valence-electron chi connectivity index (χ1n) is 6.39. The standard InChI is InChI=1S/C13H20ClN3O2S/c1-4-13(5-2,11(15)16-19)12(18)17(3)8-9-6-7-10(14)20-9/h6-7,19H,4-5,8H2,1-3H3,(H2,15,16). The van der Waals surface area contributed by atoms with Gasteiger partial charge < -0.3 is 15.8 Å². The van der Waals surface area contributed by atoms with Gasteiger partial charge >= 0.3 is 0 Å². The molecule has 1 heterocycles. The molecule has 0 aromatic carbocycles. The van der Waals surface area contributed by atoms with Crippen molar-refractivity contribution in [1.29, 1.82) is 0 Å². The Labute approximate surface area is 128 Å². The van der Waals surface area contributed by atoms with Gasteiger partial charge in [0.1, 0.15) is 5.41 Å². The van der Waals surface area contributed by atoms with Crippen LogP contribution in [0.25, 0.3) is 0 Å². The fourth-order valence-corrected chi connectivity index (χ4v) is 3.37. The maximum absolute atomic E-state index is 12.7. The van der Waals surface area contributed by atoms with E-state index in [1.807, 2.05) is 19.9 Å². The molecule has 0 unspecified atom stereocenters. The first-order chi connectivity index (χ1) is 9.41. The maximum atomic E-state index is 12.7. The second-order valence-electron chi connectivity index (χ2n) is 4.64. The molecule has 0 saturated carbocycles. The number of halogens is 1. The molecule has 0 fully saturated rings. The Morgan fingerprint density at radius 3 is 2.50 bits per heavy atom. The van der Waals surface area contributed by atoms with Crippen molar-refractivity contribution in [2.24, 2.45) is 16.3 Å². The third kappa shape index (κ3) is 3.24. The van der Waals surface area contributed by atoms with E-state index in [9.17, 15) is 4.79 Å². The van der Waals surface area contributed by atoms with Crippen molar-refractivity contribution in [3.63, 3.8) is 0 Å². The van der Waals surface area contributed by atoms with Crippen molar-refractivity contribution in [3.8, 4) is 0 Å². The molecule has 0 aliphatic carbocycles. The predicted octanol–water partition coefficient (Wildman–Crippen LogP) is 2.91. The van der Waals surface area contributed by atoms with Crippen molar-refractivity contribution in [1.82, 2.24) is 4.90 Å². The summed E-state index contributed by atoms with van der Waals surface area (Å²) in [4.78, 5) is 15.2. The summed E-state index contributed by atoms with van der Waals surface area (Å²) < 4.78 is 0.689. The number of hydrogen-bond acceptors (Lipinski definition) is 4. The average Bonchev–Trinajstić information content (AvgIpc) is 2.85. The Morgan fingerprint density at radius 2 is 2.10 bits per heavy atom. The van der Waals surface area contributed by atoms with E-state index in [4.69, 9.17) is 22.5 Å². The molecule has 0 aliphatic rings. The van der Waals surface area contributed by atoms with Crippen molar-refractivity contribution in [2.45, 2.75) is 33.2 Å². The summed E-state index contributed by atoms with van der Waals surface area (Å²) in [7, 11) is 1.71. The SMILES string of the molecule is CCC(CC)(C(=O)N(C)Cc1ccc(Cl)s1)C(N)=NO. The number of amidine groups is 1. The second kappa shape index (κ2) is 6.95. The number of oxime groups is 1. The lowest BCUT2D eigenvalue weighted by molar-refractivity contribution is -0.138. The van der Waals surface area contributed by atoms with E-state index < -0.39 is 5.41 Å². The smallest absolute Gasteiger partial charge is 0.236 e. The van der Waals surface area contributed by atoms with Crippen LogP contribution in [0.1, 0.15) is 31.6 Å². The minimum Gasteiger partial charge on any atom is -0.409 e. The van der Waals surface area contributed by atoms with Crippen LogP contribution in [0.15, 0.2) is 17.3 Å². The van der Waals surface area contributed by atoms with Crippen LogP contribution in [0, 0.1) is 5.41 Å². The Balaban J connectivity index is 2.95. The van der Waals surface area contributed by atoms with E-state index in [1.54, 1.807) is 18.0 Å². The molecule has 5 nitrogen and oxygen atoms in total. The first-order valence-corrected chi connectivity index (χ1v) is 7.58. The van der Waals surface area contributed by atoms with Gasteiger partial charge in [-0.3, -0.25) is 4.79 Å². The number of nitrogens with zero attached hydrogens (tertiary/aromatic N) is 2. The van der Waals surface area contributed by atoms with Crippen LogP contribution in [0.3, 0.4) is 0 Å². The zero-order chi connectivity index (χ0) is 15.3. The van der Waals surface area contributed by atoms with Crippen LogP contribution < -0.4 is 5.73 Å². The maximum Gasteiger partial charge on any atom is 0.236 e. The molecular formula is C13H20ClN3O2S. The molecule has 0 saturated heterocycles. The van der Waals surface area contributed by atoms with Crippen LogP contribution in [0.5, 0.6) is 0 Å². The van der Waals surface area contributed by atoms with Crippen LogP contribution >= 0.6 is 22.9 Å². The number of rotatable bonds is 6. The fraction of sp³-hybridized carbons (Fsp3) is 0.538. The molecule has 0 spiro atoms. The second-order valence-corrected chi connectivity index (χ2v) is 6.44. The lowest BCUT2D eigenvalue weighted by atomic mass is 9.79. The number of amides is 1. The summed E-state index contributed by atoms with van der Waals surface area (Å²) in [5, 5.41) is 12.0. The van der Waals surface area contributed by atoms with Gasteiger partial charge in [-0.2, -0.15) is 0 Å². The highest BCUT2D eigenvalue weighted by atomic mass is 35.5. The summed E-state index contributed by atoms with van der Waals surface area (Å²) in [6.45, 7) is 4.17. The third-order valence-corrected chi connectivity index (χ3v) is 4.80. The van der Waals surface area contributed by atoms with Gasteiger partial charge in [-0.1, -0.05) is 30.6 Å². The number of thiophene rings is 1. The summed E-state index contributed by atoms with van der Waals surface area (Å²) in [5.74, 6) is -0.189. The van der Waals surface area contributed by atoms with E-state index in [2.05, 4.69) is 5.16 Å². The molecule has 1 aromatic heterocycles. The average molecular weight is 318 g/mol. The van der Waals surface area contributed by atoms with E-state index in [0.29, 0.717) is 23.7 Å². The minimum absolute atomic E-state index is 0.0384. The number of hydrogen-bond donors (Lipinski definition) is 2. The zero-order valence-corrected chi connectivity index (χ0v) is 13.5. The third-order valence-electron chi connectivity index (χ3n) is 3.58. The van der Waals surface area contributed by atoms with E-state index in [-0.39, 0.29) is 11.7 Å². The molecule has 7 heteroatoms. The van der Waals surface area contributed by atoms with E-state index in [0.717, 1.165) is 4.88 Å². The molecular weight excluding hydrogens is 298 g/mol. The summed E-state index contributed by atoms with van der Waals surface area (Å²) in [5.41, 5.74) is 4.79. The molecule has 1 amide bonds. The van der Waals surface area contributed by atoms with Crippen LogP contribution in [-0.4, -0.2) is 28.9 Å². The Morgan fingerprint density at radius 1 is 1.50 bits per heavy atom. The van der Waals surface area contributed by atoms with Crippen molar-refractivity contribution < 1.29 is 10.0 Å². The topological polar surface area (TPSA) is 78.9 Å². The highest BCUT2D eigenvalue weighted by Gasteiger charge is 2.41. The monoisotopic (exact) mass is 317 g/mol. The number of carbonyl (C=O) groups excluding carboxylic acids is 1. The van der Waals surface area contributed by atoms with E-state index >= 15 is 0 Å². The Bertz CT molecular complexity index is 498. The van der Waals surface area contributed by atoms with Gasteiger partial charge in [0, 0.05) is 11.9 Å². The van der Waals surface area contributed by atoms with Gasteiger partial charge in [0.15, 0.2) is 5.84 Å². The predicted molar refractivity (Wildman–Crippen MR) is 82.2 cm³/mol. The van der Waals surface area contributed by atoms with Crippen molar-refractivity contribution in [3.05, 3.63) is 21.3 Å².